The molecule has 5 nitrogen and oxygen atoms in total. The van der Waals surface area contributed by atoms with Crippen LogP contribution in [0.3, 0.4) is 0 Å². The van der Waals surface area contributed by atoms with Crippen LogP contribution in [0.4, 0.5) is 0 Å². The number of para-hydroxylation sites is 1. The van der Waals surface area contributed by atoms with Crippen LogP contribution in [-0.2, 0) is 16.1 Å². The molecule has 0 spiro atoms. The van der Waals surface area contributed by atoms with Gasteiger partial charge in [0.25, 0.3) is 5.91 Å². The summed E-state index contributed by atoms with van der Waals surface area (Å²) < 4.78 is 11.0. The highest BCUT2D eigenvalue weighted by atomic mass is 35.5. The maximum Gasteiger partial charge on any atom is 0.342 e. The molecule has 0 heterocycles. The fourth-order valence-corrected chi connectivity index (χ4v) is 2.45. The van der Waals surface area contributed by atoms with Gasteiger partial charge in [-0.05, 0) is 49.6 Å². The Morgan fingerprint density at radius 1 is 1.15 bits per heavy atom. The number of benzene rings is 2. The van der Waals surface area contributed by atoms with Gasteiger partial charge in [-0.25, -0.2) is 4.79 Å². The molecule has 0 bridgehead atoms. The molecule has 0 aromatic heterocycles. The van der Waals surface area contributed by atoms with E-state index in [0.29, 0.717) is 17.4 Å². The maximum absolute atomic E-state index is 12.4. The Balaban J connectivity index is 1.62. The molecule has 1 atom stereocenters. The summed E-state index contributed by atoms with van der Waals surface area (Å²) in [5, 5.41) is 3.47. The molecule has 1 unspecified atom stereocenters. The van der Waals surface area contributed by atoms with E-state index in [0.717, 1.165) is 18.4 Å². The van der Waals surface area contributed by atoms with Gasteiger partial charge in [-0.15, -0.1) is 0 Å². The van der Waals surface area contributed by atoms with Crippen molar-refractivity contribution in [2.75, 3.05) is 0 Å². The predicted octanol–water partition coefficient (Wildman–Crippen LogP) is 3.74. The van der Waals surface area contributed by atoms with Crippen LogP contribution < -0.4 is 10.1 Å². The molecule has 2 aromatic rings. The predicted molar refractivity (Wildman–Crippen MR) is 98.3 cm³/mol. The Morgan fingerprint density at radius 3 is 2.54 bits per heavy atom. The first-order valence-electron chi connectivity index (χ1n) is 8.50. The normalized spacial score (nSPS) is 14.4. The topological polar surface area (TPSA) is 64.6 Å². The largest absolute Gasteiger partial charge is 0.488 e. The van der Waals surface area contributed by atoms with Gasteiger partial charge in [0.2, 0.25) is 0 Å². The summed E-state index contributed by atoms with van der Waals surface area (Å²) in [7, 11) is 0. The molecular weight excluding hydrogens is 354 g/mol. The van der Waals surface area contributed by atoms with Crippen LogP contribution in [-0.4, -0.2) is 24.0 Å². The van der Waals surface area contributed by atoms with Crippen molar-refractivity contribution in [2.45, 2.75) is 38.5 Å². The number of hydrogen-bond donors (Lipinski definition) is 1. The number of halogens is 1. The number of hydrogen-bond acceptors (Lipinski definition) is 4. The first kappa shape index (κ1) is 18.3. The van der Waals surface area contributed by atoms with E-state index < -0.39 is 12.1 Å². The van der Waals surface area contributed by atoms with Crippen molar-refractivity contribution >= 4 is 23.5 Å². The molecule has 1 amide bonds. The van der Waals surface area contributed by atoms with E-state index in [9.17, 15) is 9.59 Å². The van der Waals surface area contributed by atoms with Gasteiger partial charge >= 0.3 is 5.97 Å². The second-order valence-corrected chi connectivity index (χ2v) is 6.68. The van der Waals surface area contributed by atoms with E-state index in [4.69, 9.17) is 21.1 Å². The summed E-state index contributed by atoms with van der Waals surface area (Å²) in [6.07, 6.45) is 1.11. The third kappa shape index (κ3) is 4.99. The number of carbonyl (C=O) groups is 2. The molecule has 0 radical (unpaired) electrons. The summed E-state index contributed by atoms with van der Waals surface area (Å²) in [6.45, 7) is 1.85. The summed E-state index contributed by atoms with van der Waals surface area (Å²) in [5.74, 6) is -0.460. The van der Waals surface area contributed by atoms with Crippen LogP contribution in [0.2, 0.25) is 5.02 Å². The van der Waals surface area contributed by atoms with Gasteiger partial charge in [-0.1, -0.05) is 35.9 Å². The summed E-state index contributed by atoms with van der Waals surface area (Å²) in [4.78, 5) is 24.4. The highest BCUT2D eigenvalue weighted by Gasteiger charge is 2.28. The Morgan fingerprint density at radius 2 is 1.85 bits per heavy atom. The molecule has 136 valence electrons. The number of rotatable bonds is 7. The van der Waals surface area contributed by atoms with Crippen LogP contribution >= 0.6 is 11.6 Å². The lowest BCUT2D eigenvalue weighted by Crippen LogP contribution is -2.37. The minimum absolute atomic E-state index is 0.221. The van der Waals surface area contributed by atoms with E-state index in [1.807, 2.05) is 12.1 Å². The Bertz CT molecular complexity index is 787. The molecule has 1 fully saturated rings. The lowest BCUT2D eigenvalue weighted by atomic mass is 10.2. The lowest BCUT2D eigenvalue weighted by molar-refractivity contribution is -0.129. The standard InChI is InChI=1S/C20H20ClNO4/c1-13(19(23)22-16-10-11-16)26-20(24)17-4-2-3-5-18(17)25-12-14-6-8-15(21)9-7-14/h2-9,13,16H,10-12H2,1H3,(H,22,23). The van der Waals surface area contributed by atoms with Gasteiger partial charge in [0.1, 0.15) is 17.9 Å². The van der Waals surface area contributed by atoms with Crippen molar-refractivity contribution in [3.05, 3.63) is 64.7 Å². The fourth-order valence-electron chi connectivity index (χ4n) is 2.33. The maximum atomic E-state index is 12.4. The first-order chi connectivity index (χ1) is 12.5. The summed E-state index contributed by atoms with van der Waals surface area (Å²) >= 11 is 5.87. The van der Waals surface area contributed by atoms with Gasteiger partial charge < -0.3 is 14.8 Å². The molecule has 26 heavy (non-hydrogen) atoms. The first-order valence-corrected chi connectivity index (χ1v) is 8.88. The van der Waals surface area contributed by atoms with E-state index in [2.05, 4.69) is 5.32 Å². The van der Waals surface area contributed by atoms with Crippen molar-refractivity contribution in [2.24, 2.45) is 0 Å². The highest BCUT2D eigenvalue weighted by molar-refractivity contribution is 6.30. The molecular formula is C20H20ClNO4. The molecule has 1 aliphatic carbocycles. The zero-order chi connectivity index (χ0) is 18.5. The molecule has 0 saturated heterocycles. The average Bonchev–Trinajstić information content (AvgIpc) is 3.45. The van der Waals surface area contributed by atoms with Gasteiger partial charge in [0.05, 0.1) is 0 Å². The van der Waals surface area contributed by atoms with Gasteiger partial charge in [-0.2, -0.15) is 0 Å². The molecule has 0 aliphatic heterocycles. The Kier molecular flexibility index (Phi) is 5.78. The molecule has 1 saturated carbocycles. The van der Waals surface area contributed by atoms with Crippen molar-refractivity contribution < 1.29 is 19.1 Å². The zero-order valence-electron chi connectivity index (χ0n) is 14.4. The number of carbonyl (C=O) groups excluding carboxylic acids is 2. The summed E-state index contributed by atoms with van der Waals surface area (Å²) in [6, 6.07) is 14.3. The van der Waals surface area contributed by atoms with Crippen LogP contribution in [0.15, 0.2) is 48.5 Å². The highest BCUT2D eigenvalue weighted by Crippen LogP contribution is 2.22. The SMILES string of the molecule is CC(OC(=O)c1ccccc1OCc1ccc(Cl)cc1)C(=O)NC1CC1. The molecule has 1 aliphatic rings. The molecule has 1 N–H and O–H groups in total. The molecule has 6 heteroatoms. The molecule has 3 rings (SSSR count). The van der Waals surface area contributed by atoms with Crippen LogP contribution in [0.1, 0.15) is 35.7 Å². The number of ether oxygens (including phenoxy) is 2. The lowest BCUT2D eigenvalue weighted by Gasteiger charge is -2.15. The van der Waals surface area contributed by atoms with E-state index in [1.165, 1.54) is 0 Å². The zero-order valence-corrected chi connectivity index (χ0v) is 15.2. The van der Waals surface area contributed by atoms with Crippen LogP contribution in [0.5, 0.6) is 5.75 Å². The van der Waals surface area contributed by atoms with E-state index in [1.54, 1.807) is 43.3 Å². The third-order valence-corrected chi connectivity index (χ3v) is 4.24. The number of esters is 1. The summed E-state index contributed by atoms with van der Waals surface area (Å²) in [5.41, 5.74) is 1.21. The van der Waals surface area contributed by atoms with Gasteiger partial charge in [0.15, 0.2) is 6.10 Å². The van der Waals surface area contributed by atoms with Crippen LogP contribution in [0.25, 0.3) is 0 Å². The van der Waals surface area contributed by atoms with Crippen molar-refractivity contribution in [1.82, 2.24) is 5.32 Å². The smallest absolute Gasteiger partial charge is 0.342 e. The van der Waals surface area contributed by atoms with Gasteiger partial charge in [0, 0.05) is 11.1 Å². The van der Waals surface area contributed by atoms with Crippen molar-refractivity contribution in [3.8, 4) is 5.75 Å². The minimum Gasteiger partial charge on any atom is -0.488 e. The average molecular weight is 374 g/mol. The monoisotopic (exact) mass is 373 g/mol. The Labute approximate surface area is 157 Å². The number of nitrogens with one attached hydrogen (secondary N) is 1. The minimum atomic E-state index is -0.854. The van der Waals surface area contributed by atoms with Crippen molar-refractivity contribution in [1.29, 1.82) is 0 Å². The van der Waals surface area contributed by atoms with Crippen molar-refractivity contribution in [3.63, 3.8) is 0 Å². The second-order valence-electron chi connectivity index (χ2n) is 6.24. The third-order valence-electron chi connectivity index (χ3n) is 3.99. The fraction of sp³-hybridized carbons (Fsp3) is 0.300. The van der Waals surface area contributed by atoms with E-state index >= 15 is 0 Å². The molecule has 2 aromatic carbocycles. The van der Waals surface area contributed by atoms with E-state index in [-0.39, 0.29) is 17.5 Å². The number of amides is 1. The van der Waals surface area contributed by atoms with Crippen LogP contribution in [0, 0.1) is 0 Å². The Hall–Kier alpha value is -2.53. The van der Waals surface area contributed by atoms with Gasteiger partial charge in [-0.3, -0.25) is 4.79 Å². The quantitative estimate of drug-likeness (QED) is 0.751. The second kappa shape index (κ2) is 8.23.